The van der Waals surface area contributed by atoms with Crippen molar-refractivity contribution in [2.24, 2.45) is 0 Å². The van der Waals surface area contributed by atoms with E-state index < -0.39 is 0 Å². The van der Waals surface area contributed by atoms with Crippen LogP contribution in [0.15, 0.2) is 36.1 Å². The van der Waals surface area contributed by atoms with E-state index >= 15 is 0 Å². The van der Waals surface area contributed by atoms with Gasteiger partial charge in [-0.2, -0.15) is 5.10 Å². The molecule has 1 N–H and O–H groups in total. The standard InChI is InChI=1S/C19H22N6OS/c1-23-8-4-13(5-9-23)25-18-15(12-21-25)14(11-17(26)22-18)16-3-2-7-24(16)19-20-6-10-27-19/h2-3,6-7,10,12-14H,4-5,8-9,11H2,1H3,(H,22,26). The predicted molar refractivity (Wildman–Crippen MR) is 105 cm³/mol. The first-order chi connectivity index (χ1) is 13.2. The van der Waals surface area contributed by atoms with Crippen LogP contribution in [0, 0.1) is 0 Å². The number of nitrogens with one attached hydrogen (secondary N) is 1. The lowest BCUT2D eigenvalue weighted by Gasteiger charge is -2.31. The van der Waals surface area contributed by atoms with E-state index in [2.05, 4.69) is 32.9 Å². The van der Waals surface area contributed by atoms with Crippen molar-refractivity contribution in [3.8, 4) is 5.13 Å². The largest absolute Gasteiger partial charge is 0.311 e. The number of amides is 1. The smallest absolute Gasteiger partial charge is 0.226 e. The van der Waals surface area contributed by atoms with Crippen molar-refractivity contribution in [1.29, 1.82) is 0 Å². The van der Waals surface area contributed by atoms with Crippen molar-refractivity contribution in [2.45, 2.75) is 31.2 Å². The number of likely N-dealkylation sites (tertiary alicyclic amines) is 1. The van der Waals surface area contributed by atoms with Gasteiger partial charge >= 0.3 is 0 Å². The zero-order valence-electron chi connectivity index (χ0n) is 15.2. The van der Waals surface area contributed by atoms with Crippen LogP contribution in [-0.2, 0) is 4.79 Å². The summed E-state index contributed by atoms with van der Waals surface area (Å²) < 4.78 is 4.13. The Morgan fingerprint density at radius 2 is 2.15 bits per heavy atom. The maximum absolute atomic E-state index is 12.5. The molecule has 5 rings (SSSR count). The van der Waals surface area contributed by atoms with Crippen LogP contribution in [0.3, 0.4) is 0 Å². The molecule has 1 atom stereocenters. The second-order valence-electron chi connectivity index (χ2n) is 7.35. The predicted octanol–water partition coefficient (Wildman–Crippen LogP) is 2.87. The van der Waals surface area contributed by atoms with Crippen LogP contribution in [-0.4, -0.2) is 50.3 Å². The van der Waals surface area contributed by atoms with Gasteiger partial charge in [-0.1, -0.05) is 0 Å². The first-order valence-electron chi connectivity index (χ1n) is 9.33. The summed E-state index contributed by atoms with van der Waals surface area (Å²) in [5, 5.41) is 10.7. The molecule has 140 valence electrons. The minimum atomic E-state index is -0.00679. The van der Waals surface area contributed by atoms with Crippen LogP contribution >= 0.6 is 11.3 Å². The zero-order chi connectivity index (χ0) is 18.4. The molecule has 3 aromatic rings. The van der Waals surface area contributed by atoms with Gasteiger partial charge in [0.25, 0.3) is 0 Å². The quantitative estimate of drug-likeness (QED) is 0.756. The van der Waals surface area contributed by atoms with E-state index in [9.17, 15) is 4.79 Å². The van der Waals surface area contributed by atoms with Crippen LogP contribution in [0.4, 0.5) is 5.82 Å². The molecule has 5 heterocycles. The van der Waals surface area contributed by atoms with Gasteiger partial charge < -0.3 is 10.2 Å². The van der Waals surface area contributed by atoms with Crippen molar-refractivity contribution < 1.29 is 4.79 Å². The van der Waals surface area contributed by atoms with Crippen LogP contribution in [0.2, 0.25) is 0 Å². The van der Waals surface area contributed by atoms with E-state index in [1.807, 2.05) is 28.5 Å². The summed E-state index contributed by atoms with van der Waals surface area (Å²) in [6.45, 7) is 2.12. The topological polar surface area (TPSA) is 68.0 Å². The number of piperidine rings is 1. The molecule has 3 aromatic heterocycles. The normalized spacial score (nSPS) is 21.2. The summed E-state index contributed by atoms with van der Waals surface area (Å²) in [7, 11) is 2.15. The van der Waals surface area contributed by atoms with Crippen molar-refractivity contribution in [2.75, 3.05) is 25.5 Å². The lowest BCUT2D eigenvalue weighted by Crippen LogP contribution is -2.33. The molecule has 8 heteroatoms. The average molecular weight is 382 g/mol. The number of aromatic nitrogens is 4. The van der Waals surface area contributed by atoms with Crippen molar-refractivity contribution in [3.63, 3.8) is 0 Å². The van der Waals surface area contributed by atoms with Gasteiger partial charge in [-0.25, -0.2) is 9.67 Å². The lowest BCUT2D eigenvalue weighted by atomic mass is 9.91. The van der Waals surface area contributed by atoms with E-state index in [0.29, 0.717) is 12.5 Å². The fourth-order valence-corrected chi connectivity index (χ4v) is 4.85. The Hall–Kier alpha value is -2.45. The van der Waals surface area contributed by atoms with Crippen molar-refractivity contribution >= 4 is 23.1 Å². The van der Waals surface area contributed by atoms with E-state index in [4.69, 9.17) is 5.10 Å². The Balaban J connectivity index is 1.53. The van der Waals surface area contributed by atoms with Gasteiger partial charge in [-0.05, 0) is 45.1 Å². The number of fused-ring (bicyclic) bond motifs is 1. The monoisotopic (exact) mass is 382 g/mol. The molecule has 0 aromatic carbocycles. The first-order valence-corrected chi connectivity index (χ1v) is 10.2. The fraction of sp³-hybridized carbons (Fsp3) is 0.421. The summed E-state index contributed by atoms with van der Waals surface area (Å²) in [5.74, 6) is 0.916. The Bertz CT molecular complexity index is 951. The molecule has 1 fully saturated rings. The van der Waals surface area contributed by atoms with Crippen LogP contribution in [0.1, 0.15) is 42.5 Å². The van der Waals surface area contributed by atoms with Crippen molar-refractivity contribution in [3.05, 3.63) is 47.4 Å². The molecule has 27 heavy (non-hydrogen) atoms. The molecule has 0 radical (unpaired) electrons. The van der Waals surface area contributed by atoms with E-state index in [0.717, 1.165) is 48.1 Å². The maximum Gasteiger partial charge on any atom is 0.226 e. The summed E-state index contributed by atoms with van der Waals surface area (Å²) in [6.07, 6.45) is 8.31. The molecular formula is C19H22N6OS. The number of rotatable bonds is 3. The Morgan fingerprint density at radius 3 is 2.93 bits per heavy atom. The number of anilines is 1. The summed E-state index contributed by atoms with van der Waals surface area (Å²) in [5.41, 5.74) is 2.19. The third kappa shape index (κ3) is 2.89. The van der Waals surface area contributed by atoms with Gasteiger partial charge in [0, 0.05) is 41.4 Å². The molecule has 0 aliphatic carbocycles. The molecule has 1 saturated heterocycles. The Labute approximate surface area is 161 Å². The molecular weight excluding hydrogens is 360 g/mol. The van der Waals surface area contributed by atoms with Gasteiger partial charge in [0.15, 0.2) is 5.13 Å². The Morgan fingerprint density at radius 1 is 1.30 bits per heavy atom. The number of hydrogen-bond acceptors (Lipinski definition) is 5. The molecule has 0 bridgehead atoms. The average Bonchev–Trinajstić information content (AvgIpc) is 3.41. The van der Waals surface area contributed by atoms with Gasteiger partial charge in [-0.15, -0.1) is 11.3 Å². The molecule has 1 unspecified atom stereocenters. The number of thiazole rings is 1. The van der Waals surface area contributed by atoms with E-state index in [1.54, 1.807) is 17.5 Å². The molecule has 2 aliphatic heterocycles. The fourth-order valence-electron chi connectivity index (χ4n) is 4.21. The van der Waals surface area contributed by atoms with Gasteiger partial charge in [0.2, 0.25) is 5.91 Å². The summed E-state index contributed by atoms with van der Waals surface area (Å²) >= 11 is 1.59. The third-order valence-corrected chi connectivity index (χ3v) is 6.41. The highest BCUT2D eigenvalue weighted by Crippen LogP contribution is 2.40. The first kappa shape index (κ1) is 16.7. The highest BCUT2D eigenvalue weighted by Gasteiger charge is 2.34. The number of hydrogen-bond donors (Lipinski definition) is 1. The summed E-state index contributed by atoms with van der Waals surface area (Å²) in [6, 6.07) is 4.45. The molecule has 7 nitrogen and oxygen atoms in total. The second-order valence-corrected chi connectivity index (χ2v) is 8.22. The third-order valence-electron chi connectivity index (χ3n) is 5.64. The summed E-state index contributed by atoms with van der Waals surface area (Å²) in [4.78, 5) is 19.3. The van der Waals surface area contributed by atoms with E-state index in [-0.39, 0.29) is 11.8 Å². The zero-order valence-corrected chi connectivity index (χ0v) is 16.0. The molecule has 0 spiro atoms. The minimum absolute atomic E-state index is 0.00679. The van der Waals surface area contributed by atoms with Crippen LogP contribution < -0.4 is 5.32 Å². The minimum Gasteiger partial charge on any atom is -0.311 e. The van der Waals surface area contributed by atoms with Crippen LogP contribution in [0.25, 0.3) is 5.13 Å². The number of nitrogens with zero attached hydrogens (tertiary/aromatic N) is 5. The SMILES string of the molecule is CN1CCC(n2ncc3c2NC(=O)CC3c2cccn2-c2nccs2)CC1. The molecule has 1 amide bonds. The number of carbonyl (C=O) groups is 1. The van der Waals surface area contributed by atoms with Crippen molar-refractivity contribution in [1.82, 2.24) is 24.2 Å². The lowest BCUT2D eigenvalue weighted by molar-refractivity contribution is -0.116. The Kier molecular flexibility index (Phi) is 4.09. The van der Waals surface area contributed by atoms with Crippen LogP contribution in [0.5, 0.6) is 0 Å². The van der Waals surface area contributed by atoms with Gasteiger partial charge in [0.1, 0.15) is 5.82 Å². The number of carbonyl (C=O) groups excluding carboxylic acids is 1. The molecule has 2 aliphatic rings. The highest BCUT2D eigenvalue weighted by molar-refractivity contribution is 7.12. The maximum atomic E-state index is 12.5. The van der Waals surface area contributed by atoms with Gasteiger partial charge in [-0.3, -0.25) is 9.36 Å². The van der Waals surface area contributed by atoms with Gasteiger partial charge in [0.05, 0.1) is 12.2 Å². The second kappa shape index (κ2) is 6.61. The highest BCUT2D eigenvalue weighted by atomic mass is 32.1. The van der Waals surface area contributed by atoms with E-state index in [1.165, 1.54) is 0 Å². The molecule has 0 saturated carbocycles.